The third-order valence-corrected chi connectivity index (χ3v) is 3.19. The number of ether oxygens (including phenoxy) is 1. The van der Waals surface area contributed by atoms with Crippen LogP contribution in [0.2, 0.25) is 0 Å². The molecule has 114 valence electrons. The summed E-state index contributed by atoms with van der Waals surface area (Å²) in [5.74, 6) is 1.61. The molecule has 6 heteroatoms. The van der Waals surface area contributed by atoms with Crippen molar-refractivity contribution < 1.29 is 15.5 Å². The van der Waals surface area contributed by atoms with Gasteiger partial charge in [-0.05, 0) is 40.0 Å². The zero-order chi connectivity index (χ0) is 15.0. The Morgan fingerprint density at radius 3 is 2.55 bits per heavy atom. The third kappa shape index (κ3) is 3.95. The number of nitrogens with one attached hydrogen (secondary N) is 1. The highest BCUT2D eigenvalue weighted by atomic mass is 16.6. The Hall–Kier alpha value is -1.59. The second-order valence-electron chi connectivity index (χ2n) is 6.74. The first kappa shape index (κ1) is 14.8. The summed E-state index contributed by atoms with van der Waals surface area (Å²) in [6.07, 6.45) is 2.71. The van der Waals surface area contributed by atoms with Crippen molar-refractivity contribution in [2.45, 2.75) is 65.0 Å². The molecular weight excluding hydrogens is 258 g/mol. The number of aryl methyl sites for hydroxylation is 1. The van der Waals surface area contributed by atoms with Crippen LogP contribution in [0.15, 0.2) is 4.52 Å². The van der Waals surface area contributed by atoms with Crippen molar-refractivity contribution in [3.8, 4) is 0 Å². The molecule has 0 radical (unpaired) electrons. The Morgan fingerprint density at radius 1 is 1.45 bits per heavy atom. The Labute approximate surface area is 120 Å². The van der Waals surface area contributed by atoms with Gasteiger partial charge < -0.3 is 14.6 Å². The number of carbonyl (C=O) groups is 1. The maximum absolute atomic E-state index is 12.0. The first-order valence-corrected chi connectivity index (χ1v) is 7.00. The van der Waals surface area contributed by atoms with Gasteiger partial charge in [0, 0.05) is 8.35 Å². The van der Waals surface area contributed by atoms with Crippen LogP contribution < -0.4 is 5.32 Å². The Bertz CT molecular complexity index is 494. The predicted octanol–water partition coefficient (Wildman–Crippen LogP) is 3.16. The minimum absolute atomic E-state index is 0. The maximum Gasteiger partial charge on any atom is 0.408 e. The fraction of sp³-hybridized carbons (Fsp3) is 0.786. The number of rotatable bonds is 4. The normalized spacial score (nSPS) is 18.4. The molecule has 1 aliphatic carbocycles. The largest absolute Gasteiger partial charge is 0.444 e. The lowest BCUT2D eigenvalue weighted by Crippen LogP contribution is -2.46. The average molecular weight is 283 g/mol. The van der Waals surface area contributed by atoms with Gasteiger partial charge in [-0.25, -0.2) is 4.79 Å². The molecule has 1 heterocycles. The summed E-state index contributed by atoms with van der Waals surface area (Å²) >= 11 is 0. The number of hydrogen-bond acceptors (Lipinski definition) is 5. The third-order valence-electron chi connectivity index (χ3n) is 3.19. The van der Waals surface area contributed by atoms with Crippen molar-refractivity contribution in [3.63, 3.8) is 0 Å². The molecule has 20 heavy (non-hydrogen) atoms. The first-order chi connectivity index (χ1) is 9.18. The monoisotopic (exact) mass is 283 g/mol. The van der Waals surface area contributed by atoms with Gasteiger partial charge in [-0.2, -0.15) is 4.98 Å². The first-order valence-electron chi connectivity index (χ1n) is 7.00. The fourth-order valence-electron chi connectivity index (χ4n) is 2.15. The molecule has 1 amide bonds. The van der Waals surface area contributed by atoms with Gasteiger partial charge in [-0.3, -0.25) is 0 Å². The van der Waals surface area contributed by atoms with Gasteiger partial charge in [0.05, 0.1) is 0 Å². The molecule has 1 N–H and O–H groups in total. The van der Waals surface area contributed by atoms with E-state index in [1.807, 2.05) is 27.7 Å². The van der Waals surface area contributed by atoms with E-state index in [2.05, 4.69) is 15.5 Å². The lowest BCUT2D eigenvalue weighted by atomic mass is 9.94. The van der Waals surface area contributed by atoms with Crippen LogP contribution in [-0.4, -0.2) is 21.8 Å². The zero-order valence-corrected chi connectivity index (χ0v) is 12.8. The molecule has 2 rings (SSSR count). The quantitative estimate of drug-likeness (QED) is 0.918. The summed E-state index contributed by atoms with van der Waals surface area (Å²) in [5, 5.41) is 6.87. The van der Waals surface area contributed by atoms with Gasteiger partial charge in [-0.15, -0.1) is 0 Å². The zero-order valence-electron chi connectivity index (χ0n) is 12.8. The summed E-state index contributed by atoms with van der Waals surface area (Å²) in [4.78, 5) is 16.3. The molecule has 6 nitrogen and oxygen atoms in total. The number of amides is 1. The van der Waals surface area contributed by atoms with E-state index in [0.29, 0.717) is 17.6 Å². The molecule has 1 aromatic rings. The van der Waals surface area contributed by atoms with E-state index >= 15 is 0 Å². The van der Waals surface area contributed by atoms with E-state index in [4.69, 9.17) is 9.26 Å². The van der Waals surface area contributed by atoms with Crippen LogP contribution >= 0.6 is 0 Å². The highest BCUT2D eigenvalue weighted by Gasteiger charge is 2.40. The van der Waals surface area contributed by atoms with Gasteiger partial charge in [0.15, 0.2) is 5.82 Å². The van der Waals surface area contributed by atoms with Crippen molar-refractivity contribution in [1.29, 1.82) is 0 Å². The SMILES string of the molecule is Cc1nc(C(C)(CC2CC2)NC(=O)OC(C)(C)C)no1.[HH]. The summed E-state index contributed by atoms with van der Waals surface area (Å²) in [7, 11) is 0. The van der Waals surface area contributed by atoms with E-state index in [1.165, 1.54) is 12.8 Å². The Morgan fingerprint density at radius 2 is 2.10 bits per heavy atom. The molecule has 1 atom stereocenters. The van der Waals surface area contributed by atoms with Crippen molar-refractivity contribution >= 4 is 6.09 Å². The maximum atomic E-state index is 12.0. The number of nitrogens with zero attached hydrogens (tertiary/aromatic N) is 2. The van der Waals surface area contributed by atoms with Gasteiger partial charge in [0.25, 0.3) is 0 Å². The van der Waals surface area contributed by atoms with Crippen molar-refractivity contribution in [1.82, 2.24) is 15.5 Å². The number of alkyl carbamates (subject to hydrolysis) is 1. The van der Waals surface area contributed by atoms with Crippen molar-refractivity contribution in [2.24, 2.45) is 5.92 Å². The van der Waals surface area contributed by atoms with E-state index in [9.17, 15) is 4.79 Å². The average Bonchev–Trinajstić information content (AvgIpc) is 2.93. The molecule has 0 aromatic carbocycles. The lowest BCUT2D eigenvalue weighted by Gasteiger charge is -2.29. The molecule has 1 aliphatic rings. The van der Waals surface area contributed by atoms with Crippen LogP contribution in [0.3, 0.4) is 0 Å². The summed E-state index contributed by atoms with van der Waals surface area (Å²) in [6, 6.07) is 0. The van der Waals surface area contributed by atoms with Crippen LogP contribution in [0.1, 0.15) is 60.1 Å². The molecule has 1 saturated carbocycles. The van der Waals surface area contributed by atoms with E-state index < -0.39 is 17.2 Å². The molecular formula is C14H25N3O3. The smallest absolute Gasteiger partial charge is 0.408 e. The van der Waals surface area contributed by atoms with Gasteiger partial charge in [0.2, 0.25) is 5.89 Å². The van der Waals surface area contributed by atoms with Crippen LogP contribution in [0.5, 0.6) is 0 Å². The predicted molar refractivity (Wildman–Crippen MR) is 75.2 cm³/mol. The molecule has 1 aromatic heterocycles. The van der Waals surface area contributed by atoms with Crippen LogP contribution in [0.25, 0.3) is 0 Å². The number of aromatic nitrogens is 2. The summed E-state index contributed by atoms with van der Waals surface area (Å²) in [6.45, 7) is 9.16. The fourth-order valence-corrected chi connectivity index (χ4v) is 2.15. The topological polar surface area (TPSA) is 77.2 Å². The van der Waals surface area contributed by atoms with Gasteiger partial charge in [0.1, 0.15) is 11.1 Å². The summed E-state index contributed by atoms with van der Waals surface area (Å²) in [5.41, 5.74) is -1.18. The van der Waals surface area contributed by atoms with Crippen LogP contribution in [0.4, 0.5) is 4.79 Å². The highest BCUT2D eigenvalue weighted by Crippen LogP contribution is 2.40. The van der Waals surface area contributed by atoms with Crippen LogP contribution in [-0.2, 0) is 10.3 Å². The second-order valence-corrected chi connectivity index (χ2v) is 6.74. The Kier molecular flexibility index (Phi) is 3.75. The Balaban J connectivity index is 0.00000220. The van der Waals surface area contributed by atoms with Crippen molar-refractivity contribution in [2.75, 3.05) is 0 Å². The van der Waals surface area contributed by atoms with Gasteiger partial charge in [-0.1, -0.05) is 18.0 Å². The lowest BCUT2D eigenvalue weighted by molar-refractivity contribution is 0.0445. The van der Waals surface area contributed by atoms with E-state index in [0.717, 1.165) is 6.42 Å². The molecule has 0 spiro atoms. The minimum Gasteiger partial charge on any atom is -0.444 e. The van der Waals surface area contributed by atoms with Crippen molar-refractivity contribution in [3.05, 3.63) is 11.7 Å². The van der Waals surface area contributed by atoms with Crippen LogP contribution in [0, 0.1) is 12.8 Å². The molecule has 0 aliphatic heterocycles. The minimum atomic E-state index is -0.652. The van der Waals surface area contributed by atoms with E-state index in [1.54, 1.807) is 6.92 Å². The highest BCUT2D eigenvalue weighted by molar-refractivity contribution is 5.68. The van der Waals surface area contributed by atoms with Gasteiger partial charge >= 0.3 is 6.09 Å². The molecule has 1 unspecified atom stereocenters. The number of hydrogen-bond donors (Lipinski definition) is 1. The summed E-state index contributed by atoms with van der Waals surface area (Å²) < 4.78 is 10.4. The number of carbonyl (C=O) groups excluding carboxylic acids is 1. The molecule has 0 bridgehead atoms. The van der Waals surface area contributed by atoms with E-state index in [-0.39, 0.29) is 1.43 Å². The standard InChI is InChI=1S/C14H23N3O3.H2/c1-9-15-11(17-20-9)14(5,8-10-6-7-10)16-12(18)19-13(2,3)4;/h10H,6-8H2,1-5H3,(H,16,18);1H. The molecule has 1 fully saturated rings. The molecule has 0 saturated heterocycles. The second kappa shape index (κ2) is 5.07.